The number of thiazole rings is 1. The number of halogens is 1. The second-order valence-corrected chi connectivity index (χ2v) is 8.92. The lowest BCUT2D eigenvalue weighted by atomic mass is 9.78. The Hall–Kier alpha value is -2.70. The molecule has 1 aromatic heterocycles. The van der Waals surface area contributed by atoms with E-state index in [1.807, 2.05) is 47.8 Å². The fraction of sp³-hybridized carbons (Fsp3) is 0.292. The minimum Gasteiger partial charge on any atom is -0.461 e. The molecule has 4 rings (SSSR count). The molecule has 2 aromatic carbocycles. The van der Waals surface area contributed by atoms with Crippen molar-refractivity contribution in [2.24, 2.45) is 11.8 Å². The number of aromatic nitrogens is 1. The van der Waals surface area contributed by atoms with E-state index in [4.69, 9.17) is 16.3 Å². The summed E-state index contributed by atoms with van der Waals surface area (Å²) in [5.41, 5.74) is 2.65. The fourth-order valence-corrected chi connectivity index (χ4v) is 4.82. The van der Waals surface area contributed by atoms with Crippen LogP contribution in [0.25, 0.3) is 11.3 Å². The Morgan fingerprint density at radius 2 is 1.84 bits per heavy atom. The molecule has 3 aromatic rings. The molecule has 7 heteroatoms. The Morgan fingerprint density at radius 1 is 1.06 bits per heavy atom. The zero-order valence-electron chi connectivity index (χ0n) is 16.9. The molecule has 160 valence electrons. The van der Waals surface area contributed by atoms with Gasteiger partial charge in [0.15, 0.2) is 5.13 Å². The summed E-state index contributed by atoms with van der Waals surface area (Å²) >= 11 is 7.38. The Kier molecular flexibility index (Phi) is 6.99. The number of anilines is 1. The van der Waals surface area contributed by atoms with Crippen molar-refractivity contribution in [3.05, 3.63) is 70.6 Å². The maximum absolute atomic E-state index is 13.0. The first-order valence-corrected chi connectivity index (χ1v) is 11.6. The summed E-state index contributed by atoms with van der Waals surface area (Å²) in [6, 6.07) is 17.0. The molecule has 1 heterocycles. The van der Waals surface area contributed by atoms with Crippen LogP contribution in [-0.4, -0.2) is 16.9 Å². The molecule has 1 fully saturated rings. The second-order valence-electron chi connectivity index (χ2n) is 7.63. The van der Waals surface area contributed by atoms with Gasteiger partial charge in [-0.15, -0.1) is 11.3 Å². The van der Waals surface area contributed by atoms with Gasteiger partial charge in [0.2, 0.25) is 5.91 Å². The number of hydrogen-bond donors (Lipinski definition) is 1. The van der Waals surface area contributed by atoms with E-state index in [9.17, 15) is 9.59 Å². The van der Waals surface area contributed by atoms with Crippen LogP contribution in [0.15, 0.2) is 60.0 Å². The summed E-state index contributed by atoms with van der Waals surface area (Å²) in [5, 5.41) is 5.97. The summed E-state index contributed by atoms with van der Waals surface area (Å²) < 4.78 is 5.52. The van der Waals surface area contributed by atoms with E-state index in [2.05, 4.69) is 10.3 Å². The number of nitrogens with one attached hydrogen (secondary N) is 1. The average Bonchev–Trinajstić information content (AvgIpc) is 3.26. The van der Waals surface area contributed by atoms with Gasteiger partial charge in [-0.25, -0.2) is 4.98 Å². The Balaban J connectivity index is 1.39. The van der Waals surface area contributed by atoms with Gasteiger partial charge in [0, 0.05) is 16.0 Å². The van der Waals surface area contributed by atoms with Crippen LogP contribution >= 0.6 is 22.9 Å². The van der Waals surface area contributed by atoms with Gasteiger partial charge in [0.25, 0.3) is 0 Å². The number of amides is 1. The smallest absolute Gasteiger partial charge is 0.310 e. The summed E-state index contributed by atoms with van der Waals surface area (Å²) in [6.45, 7) is 0.150. The number of ether oxygens (including phenoxy) is 1. The lowest BCUT2D eigenvalue weighted by Gasteiger charge is -2.28. The van der Waals surface area contributed by atoms with E-state index in [-0.39, 0.29) is 18.5 Å². The van der Waals surface area contributed by atoms with E-state index in [1.165, 1.54) is 11.3 Å². The average molecular weight is 455 g/mol. The number of esters is 1. The minimum absolute atomic E-state index is 0.150. The van der Waals surface area contributed by atoms with Gasteiger partial charge in [-0.1, -0.05) is 66.9 Å². The standard InChI is InChI=1S/C24H23ClN2O3S/c25-18-10-6-7-16(13-18)14-30-23(29)20-12-5-4-11-19(20)22(28)27-24-26-21(15-31-24)17-8-2-1-3-9-17/h1-3,6-10,13,15,19-20H,4-5,11-12,14H2,(H,26,27,28)/t19-,20-/m1/s1. The van der Waals surface area contributed by atoms with E-state index < -0.39 is 11.8 Å². The highest BCUT2D eigenvalue weighted by atomic mass is 35.5. The van der Waals surface area contributed by atoms with Crippen molar-refractivity contribution in [2.75, 3.05) is 5.32 Å². The third-order valence-electron chi connectivity index (χ3n) is 5.48. The first-order chi connectivity index (χ1) is 15.1. The molecule has 0 unspecified atom stereocenters. The van der Waals surface area contributed by atoms with Crippen molar-refractivity contribution < 1.29 is 14.3 Å². The predicted molar refractivity (Wildman–Crippen MR) is 123 cm³/mol. The number of benzene rings is 2. The van der Waals surface area contributed by atoms with Crippen LogP contribution in [0.1, 0.15) is 31.2 Å². The van der Waals surface area contributed by atoms with E-state index in [1.54, 1.807) is 12.1 Å². The number of nitrogens with zero attached hydrogens (tertiary/aromatic N) is 1. The molecule has 0 saturated heterocycles. The highest BCUT2D eigenvalue weighted by Gasteiger charge is 2.37. The topological polar surface area (TPSA) is 68.3 Å². The summed E-state index contributed by atoms with van der Waals surface area (Å²) in [4.78, 5) is 30.3. The molecule has 1 N–H and O–H groups in total. The molecule has 0 spiro atoms. The van der Waals surface area contributed by atoms with Gasteiger partial charge < -0.3 is 10.1 Å². The molecule has 5 nitrogen and oxygen atoms in total. The molecule has 0 bridgehead atoms. The van der Waals surface area contributed by atoms with Crippen molar-refractivity contribution in [3.63, 3.8) is 0 Å². The van der Waals surface area contributed by atoms with Crippen LogP contribution in [0.5, 0.6) is 0 Å². The quantitative estimate of drug-likeness (QED) is 0.467. The van der Waals surface area contributed by atoms with Crippen LogP contribution in [0.4, 0.5) is 5.13 Å². The second kappa shape index (κ2) is 10.1. The number of carbonyl (C=O) groups is 2. The predicted octanol–water partition coefficient (Wildman–Crippen LogP) is 5.95. The first kappa shape index (κ1) is 21.5. The third-order valence-corrected chi connectivity index (χ3v) is 6.47. The number of rotatable bonds is 6. The summed E-state index contributed by atoms with van der Waals surface area (Å²) in [7, 11) is 0. The van der Waals surface area contributed by atoms with Crippen LogP contribution in [-0.2, 0) is 20.9 Å². The molecular formula is C24H23ClN2O3S. The van der Waals surface area contributed by atoms with E-state index >= 15 is 0 Å². The van der Waals surface area contributed by atoms with Gasteiger partial charge in [0.1, 0.15) is 6.61 Å². The lowest BCUT2D eigenvalue weighted by molar-refractivity contribution is -0.155. The van der Waals surface area contributed by atoms with Crippen LogP contribution < -0.4 is 5.32 Å². The normalized spacial score (nSPS) is 18.4. The Bertz CT molecular complexity index is 1050. The summed E-state index contributed by atoms with van der Waals surface area (Å²) in [6.07, 6.45) is 3.15. The molecule has 0 radical (unpaired) electrons. The van der Waals surface area contributed by atoms with Gasteiger partial charge in [-0.05, 0) is 30.5 Å². The van der Waals surface area contributed by atoms with E-state index in [0.29, 0.717) is 23.0 Å². The molecule has 2 atom stereocenters. The largest absolute Gasteiger partial charge is 0.461 e. The molecule has 31 heavy (non-hydrogen) atoms. The molecule has 1 aliphatic carbocycles. The zero-order chi connectivity index (χ0) is 21.6. The van der Waals surface area contributed by atoms with E-state index in [0.717, 1.165) is 29.7 Å². The maximum atomic E-state index is 13.0. The fourth-order valence-electron chi connectivity index (χ4n) is 3.89. The third kappa shape index (κ3) is 5.51. The molecule has 1 amide bonds. The first-order valence-electron chi connectivity index (χ1n) is 10.3. The van der Waals surface area contributed by atoms with Crippen molar-refractivity contribution in [3.8, 4) is 11.3 Å². The van der Waals surface area contributed by atoms with Crippen molar-refractivity contribution in [1.82, 2.24) is 4.98 Å². The highest BCUT2D eigenvalue weighted by Crippen LogP contribution is 2.33. The van der Waals surface area contributed by atoms with Gasteiger partial charge in [-0.2, -0.15) is 0 Å². The van der Waals surface area contributed by atoms with Crippen molar-refractivity contribution >= 4 is 39.9 Å². The molecular weight excluding hydrogens is 432 g/mol. The minimum atomic E-state index is -0.443. The molecule has 1 saturated carbocycles. The monoisotopic (exact) mass is 454 g/mol. The summed E-state index contributed by atoms with van der Waals surface area (Å²) in [5.74, 6) is -1.35. The van der Waals surface area contributed by atoms with Crippen molar-refractivity contribution in [1.29, 1.82) is 0 Å². The Morgan fingerprint density at radius 3 is 2.61 bits per heavy atom. The Labute approximate surface area is 190 Å². The number of carbonyl (C=O) groups excluding carboxylic acids is 2. The van der Waals surface area contributed by atoms with Crippen LogP contribution in [0, 0.1) is 11.8 Å². The van der Waals surface area contributed by atoms with Gasteiger partial charge in [0.05, 0.1) is 17.5 Å². The maximum Gasteiger partial charge on any atom is 0.310 e. The van der Waals surface area contributed by atoms with Gasteiger partial charge in [-0.3, -0.25) is 9.59 Å². The van der Waals surface area contributed by atoms with Gasteiger partial charge >= 0.3 is 5.97 Å². The molecule has 1 aliphatic rings. The molecule has 0 aliphatic heterocycles. The number of hydrogen-bond acceptors (Lipinski definition) is 5. The zero-order valence-corrected chi connectivity index (χ0v) is 18.5. The highest BCUT2D eigenvalue weighted by molar-refractivity contribution is 7.14. The lowest BCUT2D eigenvalue weighted by Crippen LogP contribution is -2.37. The van der Waals surface area contributed by atoms with Crippen molar-refractivity contribution in [2.45, 2.75) is 32.3 Å². The SMILES string of the molecule is O=C(Nc1nc(-c2ccccc2)cs1)[C@@H]1CCCC[C@H]1C(=O)OCc1cccc(Cl)c1. The van der Waals surface area contributed by atoms with Crippen LogP contribution in [0.3, 0.4) is 0 Å². The van der Waals surface area contributed by atoms with Crippen LogP contribution in [0.2, 0.25) is 5.02 Å².